The Bertz CT molecular complexity index is 236. The van der Waals surface area contributed by atoms with E-state index in [1.807, 2.05) is 0 Å². The largest absolute Gasteiger partial charge is 0.481 e. The van der Waals surface area contributed by atoms with E-state index in [0.717, 1.165) is 12.8 Å². The number of aliphatic carboxylic acids is 2. The molecule has 18 heavy (non-hydrogen) atoms. The highest BCUT2D eigenvalue weighted by atomic mass is 16.4. The second-order valence-corrected chi connectivity index (χ2v) is 5.11. The van der Waals surface area contributed by atoms with E-state index < -0.39 is 17.9 Å². The van der Waals surface area contributed by atoms with Crippen molar-refractivity contribution < 1.29 is 19.8 Å². The van der Waals surface area contributed by atoms with Crippen molar-refractivity contribution in [3.05, 3.63) is 0 Å². The monoisotopic (exact) mass is 258 g/mol. The molecule has 0 saturated heterocycles. The molecule has 0 bridgehead atoms. The fourth-order valence-electron chi connectivity index (χ4n) is 2.04. The number of carboxylic acids is 2. The SMILES string of the molecule is CCCCCCCC(C)CCC(C(=O)O)C(=O)O. The average molecular weight is 258 g/mol. The first-order valence-electron chi connectivity index (χ1n) is 6.94. The molecule has 0 saturated carbocycles. The van der Waals surface area contributed by atoms with Gasteiger partial charge in [0.15, 0.2) is 5.92 Å². The molecule has 0 aliphatic carbocycles. The lowest BCUT2D eigenvalue weighted by Crippen LogP contribution is -2.23. The number of unbranched alkanes of at least 4 members (excludes halogenated alkanes) is 4. The van der Waals surface area contributed by atoms with Gasteiger partial charge < -0.3 is 10.2 Å². The summed E-state index contributed by atoms with van der Waals surface area (Å²) in [7, 11) is 0. The maximum absolute atomic E-state index is 10.7. The normalized spacial score (nSPS) is 12.6. The molecule has 2 N–H and O–H groups in total. The van der Waals surface area contributed by atoms with Gasteiger partial charge in [-0.15, -0.1) is 0 Å². The molecule has 0 fully saturated rings. The van der Waals surface area contributed by atoms with E-state index in [4.69, 9.17) is 10.2 Å². The smallest absolute Gasteiger partial charge is 0.317 e. The van der Waals surface area contributed by atoms with Crippen molar-refractivity contribution in [1.82, 2.24) is 0 Å². The second kappa shape index (κ2) is 9.92. The van der Waals surface area contributed by atoms with Gasteiger partial charge in [-0.3, -0.25) is 9.59 Å². The van der Waals surface area contributed by atoms with Crippen LogP contribution in [0.4, 0.5) is 0 Å². The van der Waals surface area contributed by atoms with Gasteiger partial charge in [0.25, 0.3) is 0 Å². The molecule has 1 unspecified atom stereocenters. The van der Waals surface area contributed by atoms with Crippen LogP contribution >= 0.6 is 0 Å². The quantitative estimate of drug-likeness (QED) is 0.439. The molecule has 1 atom stereocenters. The van der Waals surface area contributed by atoms with E-state index in [1.54, 1.807) is 0 Å². The topological polar surface area (TPSA) is 74.6 Å². The Hall–Kier alpha value is -1.06. The van der Waals surface area contributed by atoms with Crippen molar-refractivity contribution in [2.45, 2.75) is 65.2 Å². The number of hydrogen-bond donors (Lipinski definition) is 2. The molecule has 0 aromatic carbocycles. The first kappa shape index (κ1) is 16.9. The Morgan fingerprint density at radius 3 is 1.94 bits per heavy atom. The standard InChI is InChI=1S/C14H26O4/c1-3-4-5-6-7-8-11(2)9-10-12(13(15)16)14(17)18/h11-12H,3-10H2,1-2H3,(H,15,16)(H,17,18). The van der Waals surface area contributed by atoms with E-state index in [-0.39, 0.29) is 6.42 Å². The Labute approximate surface area is 109 Å². The first-order valence-corrected chi connectivity index (χ1v) is 6.94. The minimum absolute atomic E-state index is 0.237. The highest BCUT2D eigenvalue weighted by Gasteiger charge is 2.25. The summed E-state index contributed by atoms with van der Waals surface area (Å²) in [5.74, 6) is -3.28. The van der Waals surface area contributed by atoms with Gasteiger partial charge in [0.2, 0.25) is 0 Å². The maximum Gasteiger partial charge on any atom is 0.317 e. The van der Waals surface area contributed by atoms with E-state index in [2.05, 4.69) is 13.8 Å². The third-order valence-electron chi connectivity index (χ3n) is 3.34. The van der Waals surface area contributed by atoms with Crippen molar-refractivity contribution in [3.63, 3.8) is 0 Å². The molecule has 4 nitrogen and oxygen atoms in total. The van der Waals surface area contributed by atoms with Gasteiger partial charge in [-0.25, -0.2) is 0 Å². The predicted molar refractivity (Wildman–Crippen MR) is 70.5 cm³/mol. The minimum Gasteiger partial charge on any atom is -0.481 e. The summed E-state index contributed by atoms with van der Waals surface area (Å²) in [4.78, 5) is 21.4. The van der Waals surface area contributed by atoms with Gasteiger partial charge in [0.1, 0.15) is 0 Å². The molecule has 0 aromatic rings. The predicted octanol–water partition coefficient (Wildman–Crippen LogP) is 3.55. The van der Waals surface area contributed by atoms with Crippen LogP contribution in [0.2, 0.25) is 0 Å². The van der Waals surface area contributed by atoms with Gasteiger partial charge in [-0.2, -0.15) is 0 Å². The number of carboxylic acid groups (broad SMARTS) is 2. The second-order valence-electron chi connectivity index (χ2n) is 5.11. The Kier molecular flexibility index (Phi) is 9.33. The summed E-state index contributed by atoms with van der Waals surface area (Å²) in [5.41, 5.74) is 0. The molecule has 4 heteroatoms. The van der Waals surface area contributed by atoms with Crippen LogP contribution < -0.4 is 0 Å². The van der Waals surface area contributed by atoms with Crippen molar-refractivity contribution in [1.29, 1.82) is 0 Å². The number of hydrogen-bond acceptors (Lipinski definition) is 2. The maximum atomic E-state index is 10.7. The molecule has 0 aliphatic rings. The van der Waals surface area contributed by atoms with Crippen LogP contribution in [0.15, 0.2) is 0 Å². The lowest BCUT2D eigenvalue weighted by molar-refractivity contribution is -0.154. The lowest BCUT2D eigenvalue weighted by atomic mass is 9.93. The highest BCUT2D eigenvalue weighted by molar-refractivity contribution is 5.92. The van der Waals surface area contributed by atoms with Crippen LogP contribution in [0.25, 0.3) is 0 Å². The Morgan fingerprint density at radius 1 is 0.889 bits per heavy atom. The highest BCUT2D eigenvalue weighted by Crippen LogP contribution is 2.19. The first-order chi connectivity index (χ1) is 8.49. The van der Waals surface area contributed by atoms with Gasteiger partial charge >= 0.3 is 11.9 Å². The van der Waals surface area contributed by atoms with Crippen molar-refractivity contribution >= 4 is 11.9 Å². The molecule has 0 heterocycles. The van der Waals surface area contributed by atoms with Crippen LogP contribution in [-0.4, -0.2) is 22.2 Å². The third-order valence-corrected chi connectivity index (χ3v) is 3.34. The number of carbonyl (C=O) groups is 2. The molecule has 0 amide bonds. The zero-order chi connectivity index (χ0) is 14.0. The van der Waals surface area contributed by atoms with Crippen molar-refractivity contribution in [2.24, 2.45) is 11.8 Å². The van der Waals surface area contributed by atoms with Gasteiger partial charge in [-0.05, 0) is 18.8 Å². The molecular formula is C14H26O4. The summed E-state index contributed by atoms with van der Waals surface area (Å²) in [5, 5.41) is 17.5. The fourth-order valence-corrected chi connectivity index (χ4v) is 2.04. The van der Waals surface area contributed by atoms with E-state index in [1.165, 1.54) is 25.7 Å². The van der Waals surface area contributed by atoms with E-state index in [9.17, 15) is 9.59 Å². The third kappa shape index (κ3) is 8.09. The van der Waals surface area contributed by atoms with Crippen LogP contribution in [-0.2, 0) is 9.59 Å². The molecule has 0 aliphatic heterocycles. The zero-order valence-electron chi connectivity index (χ0n) is 11.5. The molecular weight excluding hydrogens is 232 g/mol. The molecule has 0 aromatic heterocycles. The summed E-state index contributed by atoms with van der Waals surface area (Å²) in [6.07, 6.45) is 8.12. The van der Waals surface area contributed by atoms with Gasteiger partial charge in [0, 0.05) is 0 Å². The molecule has 106 valence electrons. The Balaban J connectivity index is 3.71. The number of rotatable bonds is 11. The van der Waals surface area contributed by atoms with Crippen molar-refractivity contribution in [3.8, 4) is 0 Å². The van der Waals surface area contributed by atoms with E-state index >= 15 is 0 Å². The summed E-state index contributed by atoms with van der Waals surface area (Å²) >= 11 is 0. The summed E-state index contributed by atoms with van der Waals surface area (Å²) < 4.78 is 0. The molecule has 0 radical (unpaired) electrons. The Morgan fingerprint density at radius 2 is 1.44 bits per heavy atom. The van der Waals surface area contributed by atoms with Crippen LogP contribution in [0.1, 0.15) is 65.2 Å². The fraction of sp³-hybridized carbons (Fsp3) is 0.857. The molecule has 0 spiro atoms. The van der Waals surface area contributed by atoms with Crippen molar-refractivity contribution in [2.75, 3.05) is 0 Å². The minimum atomic E-state index is -1.24. The van der Waals surface area contributed by atoms with Crippen LogP contribution in [0, 0.1) is 11.8 Å². The van der Waals surface area contributed by atoms with Crippen LogP contribution in [0.5, 0.6) is 0 Å². The summed E-state index contributed by atoms with van der Waals surface area (Å²) in [6.45, 7) is 4.25. The zero-order valence-corrected chi connectivity index (χ0v) is 11.5. The van der Waals surface area contributed by atoms with Gasteiger partial charge in [0.05, 0.1) is 0 Å². The average Bonchev–Trinajstić information content (AvgIpc) is 2.28. The summed E-state index contributed by atoms with van der Waals surface area (Å²) in [6, 6.07) is 0. The lowest BCUT2D eigenvalue weighted by Gasteiger charge is -2.13. The van der Waals surface area contributed by atoms with Crippen LogP contribution in [0.3, 0.4) is 0 Å². The molecule has 0 rings (SSSR count). The van der Waals surface area contributed by atoms with Gasteiger partial charge in [-0.1, -0.05) is 52.4 Å². The van der Waals surface area contributed by atoms with E-state index in [0.29, 0.717) is 12.3 Å².